The van der Waals surface area contributed by atoms with E-state index in [4.69, 9.17) is 15.2 Å². The van der Waals surface area contributed by atoms with E-state index in [-0.39, 0.29) is 12.0 Å². The average Bonchev–Trinajstić information content (AvgIpc) is 2.54. The number of carbonyl (C=O) groups is 2. The Labute approximate surface area is 129 Å². The fourth-order valence-corrected chi connectivity index (χ4v) is 2.34. The zero-order valence-electron chi connectivity index (χ0n) is 12.9. The van der Waals surface area contributed by atoms with Crippen molar-refractivity contribution in [3.63, 3.8) is 0 Å². The summed E-state index contributed by atoms with van der Waals surface area (Å²) in [6, 6.07) is 4.99. The van der Waals surface area contributed by atoms with E-state index in [1.807, 2.05) is 0 Å². The quantitative estimate of drug-likeness (QED) is 0.848. The number of hydrogen-bond acceptors (Lipinski definition) is 5. The van der Waals surface area contributed by atoms with Crippen LogP contribution in [0.15, 0.2) is 18.2 Å². The molecule has 0 bridgehead atoms. The normalized spacial score (nSPS) is 14.6. The van der Waals surface area contributed by atoms with Gasteiger partial charge in [0.1, 0.15) is 5.75 Å². The summed E-state index contributed by atoms with van der Waals surface area (Å²) in [5.74, 6) is 0.477. The molecule has 7 nitrogen and oxygen atoms in total. The van der Waals surface area contributed by atoms with E-state index >= 15 is 0 Å². The standard InChI is InChI=1S/C15H21N3O4/c1-3-22-15(20)18-8-6-17(7-9-18)14(19)12-5-4-11(21-2)10-13(12)16/h4-5,10H,3,6-9,16H2,1-2H3. The van der Waals surface area contributed by atoms with Gasteiger partial charge < -0.3 is 25.0 Å². The van der Waals surface area contributed by atoms with Crippen LogP contribution in [0.3, 0.4) is 0 Å². The Morgan fingerprint density at radius 2 is 1.82 bits per heavy atom. The predicted molar refractivity (Wildman–Crippen MR) is 81.9 cm³/mol. The van der Waals surface area contributed by atoms with Crippen LogP contribution in [0.4, 0.5) is 10.5 Å². The number of nitrogens with zero attached hydrogens (tertiary/aromatic N) is 2. The largest absolute Gasteiger partial charge is 0.497 e. The first kappa shape index (κ1) is 15.9. The predicted octanol–water partition coefficient (Wildman–Crippen LogP) is 1.19. The van der Waals surface area contributed by atoms with Crippen molar-refractivity contribution in [1.29, 1.82) is 0 Å². The van der Waals surface area contributed by atoms with E-state index in [1.54, 1.807) is 42.0 Å². The minimum absolute atomic E-state index is 0.135. The second-order valence-electron chi connectivity index (χ2n) is 4.93. The lowest BCUT2D eigenvalue weighted by Gasteiger charge is -2.34. The number of ether oxygens (including phenoxy) is 2. The van der Waals surface area contributed by atoms with Crippen LogP contribution < -0.4 is 10.5 Å². The molecule has 22 heavy (non-hydrogen) atoms. The summed E-state index contributed by atoms with van der Waals surface area (Å²) in [7, 11) is 1.55. The van der Waals surface area contributed by atoms with Gasteiger partial charge in [0.2, 0.25) is 0 Å². The first-order chi connectivity index (χ1) is 10.6. The minimum atomic E-state index is -0.335. The number of hydrogen-bond donors (Lipinski definition) is 1. The van der Waals surface area contributed by atoms with Gasteiger partial charge in [-0.15, -0.1) is 0 Å². The minimum Gasteiger partial charge on any atom is -0.497 e. The summed E-state index contributed by atoms with van der Waals surface area (Å²) < 4.78 is 10.0. The van der Waals surface area contributed by atoms with Gasteiger partial charge in [-0.25, -0.2) is 4.79 Å². The van der Waals surface area contributed by atoms with E-state index in [9.17, 15) is 9.59 Å². The van der Waals surface area contributed by atoms with E-state index in [1.165, 1.54) is 0 Å². The summed E-state index contributed by atoms with van der Waals surface area (Å²) in [4.78, 5) is 27.4. The molecule has 1 fully saturated rings. The van der Waals surface area contributed by atoms with Crippen molar-refractivity contribution in [2.45, 2.75) is 6.92 Å². The van der Waals surface area contributed by atoms with Crippen LogP contribution in [-0.4, -0.2) is 61.7 Å². The smallest absolute Gasteiger partial charge is 0.409 e. The molecule has 0 spiro atoms. The molecule has 1 aromatic rings. The third kappa shape index (κ3) is 3.41. The Balaban J connectivity index is 1.99. The van der Waals surface area contributed by atoms with E-state index in [2.05, 4.69) is 0 Å². The van der Waals surface area contributed by atoms with Gasteiger partial charge >= 0.3 is 6.09 Å². The molecule has 0 saturated carbocycles. The molecule has 0 atom stereocenters. The summed E-state index contributed by atoms with van der Waals surface area (Å²) >= 11 is 0. The molecule has 1 heterocycles. The number of amides is 2. The summed E-state index contributed by atoms with van der Waals surface area (Å²) in [5.41, 5.74) is 6.74. The van der Waals surface area contributed by atoms with Crippen LogP contribution in [0.2, 0.25) is 0 Å². The Bertz CT molecular complexity index is 554. The first-order valence-electron chi connectivity index (χ1n) is 7.21. The molecule has 2 N–H and O–H groups in total. The van der Waals surface area contributed by atoms with Crippen molar-refractivity contribution in [2.24, 2.45) is 0 Å². The molecule has 1 aromatic carbocycles. The van der Waals surface area contributed by atoms with Gasteiger partial charge in [-0.3, -0.25) is 4.79 Å². The SMILES string of the molecule is CCOC(=O)N1CCN(C(=O)c2ccc(OC)cc2N)CC1. The number of nitrogens with two attached hydrogens (primary N) is 1. The van der Waals surface area contributed by atoms with Gasteiger partial charge in [-0.2, -0.15) is 0 Å². The topological polar surface area (TPSA) is 85.1 Å². The lowest BCUT2D eigenvalue weighted by Crippen LogP contribution is -2.50. The van der Waals surface area contributed by atoms with Crippen molar-refractivity contribution in [1.82, 2.24) is 9.80 Å². The number of benzene rings is 1. The van der Waals surface area contributed by atoms with Crippen molar-refractivity contribution in [3.05, 3.63) is 23.8 Å². The van der Waals surface area contributed by atoms with Gasteiger partial charge in [0.15, 0.2) is 0 Å². The second-order valence-corrected chi connectivity index (χ2v) is 4.93. The number of anilines is 1. The highest BCUT2D eigenvalue weighted by atomic mass is 16.6. The maximum atomic E-state index is 12.5. The van der Waals surface area contributed by atoms with Gasteiger partial charge in [0, 0.05) is 37.9 Å². The highest BCUT2D eigenvalue weighted by molar-refractivity contribution is 5.99. The molecular weight excluding hydrogens is 286 g/mol. The van der Waals surface area contributed by atoms with Crippen LogP contribution in [0.25, 0.3) is 0 Å². The third-order valence-corrected chi connectivity index (χ3v) is 3.58. The fourth-order valence-electron chi connectivity index (χ4n) is 2.34. The van der Waals surface area contributed by atoms with Gasteiger partial charge in [0.05, 0.1) is 19.3 Å². The maximum absolute atomic E-state index is 12.5. The van der Waals surface area contributed by atoms with Gasteiger partial charge in [-0.1, -0.05) is 0 Å². The number of carbonyl (C=O) groups excluding carboxylic acids is 2. The van der Waals surface area contributed by atoms with Crippen LogP contribution in [0.5, 0.6) is 5.75 Å². The van der Waals surface area contributed by atoms with Crippen molar-refractivity contribution >= 4 is 17.7 Å². The Morgan fingerprint density at radius 3 is 2.36 bits per heavy atom. The summed E-state index contributed by atoms with van der Waals surface area (Å²) in [6.07, 6.45) is -0.335. The van der Waals surface area contributed by atoms with Crippen LogP contribution in [0, 0.1) is 0 Å². The summed E-state index contributed by atoms with van der Waals surface area (Å²) in [6.45, 7) is 3.96. The molecule has 7 heteroatoms. The zero-order valence-corrected chi connectivity index (χ0v) is 12.9. The number of piperazine rings is 1. The molecule has 1 aliphatic heterocycles. The molecule has 0 unspecified atom stereocenters. The Morgan fingerprint density at radius 1 is 1.18 bits per heavy atom. The van der Waals surface area contributed by atoms with Crippen LogP contribution in [0.1, 0.15) is 17.3 Å². The fraction of sp³-hybridized carbons (Fsp3) is 0.467. The molecule has 1 aliphatic rings. The Hall–Kier alpha value is -2.44. The highest BCUT2D eigenvalue weighted by Crippen LogP contribution is 2.21. The second kappa shape index (κ2) is 7.02. The monoisotopic (exact) mass is 307 g/mol. The first-order valence-corrected chi connectivity index (χ1v) is 7.21. The molecule has 2 amide bonds. The molecular formula is C15H21N3O4. The zero-order chi connectivity index (χ0) is 16.1. The van der Waals surface area contributed by atoms with Crippen molar-refractivity contribution < 1.29 is 19.1 Å². The molecule has 120 valence electrons. The lowest BCUT2D eigenvalue weighted by atomic mass is 10.1. The molecule has 2 rings (SSSR count). The Kier molecular flexibility index (Phi) is 5.08. The molecule has 0 radical (unpaired) electrons. The van der Waals surface area contributed by atoms with E-state index in [0.29, 0.717) is 49.8 Å². The maximum Gasteiger partial charge on any atom is 0.409 e. The molecule has 0 aliphatic carbocycles. The van der Waals surface area contributed by atoms with Crippen molar-refractivity contribution in [3.8, 4) is 5.75 Å². The van der Waals surface area contributed by atoms with Gasteiger partial charge in [0.25, 0.3) is 5.91 Å². The van der Waals surface area contributed by atoms with Gasteiger partial charge in [-0.05, 0) is 19.1 Å². The molecule has 0 aromatic heterocycles. The van der Waals surface area contributed by atoms with E-state index < -0.39 is 0 Å². The molecule has 1 saturated heterocycles. The lowest BCUT2D eigenvalue weighted by molar-refractivity contribution is 0.0571. The van der Waals surface area contributed by atoms with Crippen LogP contribution >= 0.6 is 0 Å². The summed E-state index contributed by atoms with van der Waals surface area (Å²) in [5, 5.41) is 0. The van der Waals surface area contributed by atoms with Crippen molar-refractivity contribution in [2.75, 3.05) is 45.6 Å². The van der Waals surface area contributed by atoms with E-state index in [0.717, 1.165) is 0 Å². The average molecular weight is 307 g/mol. The number of methoxy groups -OCH3 is 1. The highest BCUT2D eigenvalue weighted by Gasteiger charge is 2.26. The third-order valence-electron chi connectivity index (χ3n) is 3.58. The van der Waals surface area contributed by atoms with Crippen LogP contribution in [-0.2, 0) is 4.74 Å². The number of nitrogen functional groups attached to an aromatic ring is 1. The number of rotatable bonds is 3.